The quantitative estimate of drug-likeness (QED) is 0.875. The number of nitrogens with zero attached hydrogens (tertiary/aromatic N) is 1. The van der Waals surface area contributed by atoms with Crippen LogP contribution in [0.25, 0.3) is 10.9 Å². The number of carbonyl (C=O) groups excluding carboxylic acids is 1. The van der Waals surface area contributed by atoms with E-state index in [4.69, 9.17) is 14.6 Å². The number of aliphatic carboxylic acids is 1. The molecule has 1 unspecified atom stereocenters. The van der Waals surface area contributed by atoms with Crippen LogP contribution in [-0.2, 0) is 16.1 Å². The van der Waals surface area contributed by atoms with Crippen LogP contribution in [0.15, 0.2) is 24.4 Å². The summed E-state index contributed by atoms with van der Waals surface area (Å²) in [7, 11) is 0. The number of carboxylic acid groups (broad SMARTS) is 1. The van der Waals surface area contributed by atoms with Gasteiger partial charge in [-0.15, -0.1) is 0 Å². The molecular weight excluding hydrogens is 276 g/mol. The van der Waals surface area contributed by atoms with Crippen molar-refractivity contribution in [1.82, 2.24) is 9.88 Å². The Kier molecular flexibility index (Phi) is 3.17. The fraction of sp³-hybridized carbons (Fsp3) is 0.286. The number of nitrogens with one attached hydrogen (secondary N) is 1. The van der Waals surface area contributed by atoms with E-state index in [2.05, 4.69) is 5.32 Å². The molecule has 0 saturated heterocycles. The van der Waals surface area contributed by atoms with Gasteiger partial charge in [0.15, 0.2) is 11.5 Å². The molecule has 1 aromatic carbocycles. The Morgan fingerprint density at radius 2 is 2.10 bits per heavy atom. The molecule has 0 saturated carbocycles. The summed E-state index contributed by atoms with van der Waals surface area (Å²) in [6.45, 7) is 1.66. The van der Waals surface area contributed by atoms with Crippen molar-refractivity contribution in [2.75, 3.05) is 6.79 Å². The van der Waals surface area contributed by atoms with Crippen LogP contribution in [0.4, 0.5) is 0 Å². The minimum Gasteiger partial charge on any atom is -0.480 e. The molecule has 3 rings (SSSR count). The zero-order chi connectivity index (χ0) is 15.0. The normalized spacial score (nSPS) is 14.1. The molecule has 1 aliphatic heterocycles. The van der Waals surface area contributed by atoms with Gasteiger partial charge in [0.05, 0.1) is 5.52 Å². The predicted octanol–water partition coefficient (Wildman–Crippen LogP) is 0.959. The van der Waals surface area contributed by atoms with Gasteiger partial charge in [-0.3, -0.25) is 9.59 Å². The van der Waals surface area contributed by atoms with Crippen molar-refractivity contribution in [3.63, 3.8) is 0 Å². The van der Waals surface area contributed by atoms with E-state index in [9.17, 15) is 9.59 Å². The summed E-state index contributed by atoms with van der Waals surface area (Å²) >= 11 is 0. The molecule has 0 aliphatic carbocycles. The highest BCUT2D eigenvalue weighted by molar-refractivity contribution is 5.87. The van der Waals surface area contributed by atoms with Crippen LogP contribution in [0.2, 0.25) is 0 Å². The molecule has 2 heterocycles. The SMILES string of the molecule is CC(NC(=O)Cn1ccc2cc3c(cc21)OCO3)C(=O)O. The van der Waals surface area contributed by atoms with Crippen molar-refractivity contribution >= 4 is 22.8 Å². The smallest absolute Gasteiger partial charge is 0.325 e. The van der Waals surface area contributed by atoms with Crippen LogP contribution < -0.4 is 14.8 Å². The van der Waals surface area contributed by atoms with Gasteiger partial charge >= 0.3 is 5.97 Å². The summed E-state index contributed by atoms with van der Waals surface area (Å²) in [5.74, 6) is -0.102. The minimum atomic E-state index is -1.07. The predicted molar refractivity (Wildman–Crippen MR) is 73.3 cm³/mol. The second kappa shape index (κ2) is 5.01. The number of aromatic nitrogens is 1. The fourth-order valence-electron chi connectivity index (χ4n) is 2.22. The maximum Gasteiger partial charge on any atom is 0.325 e. The molecule has 21 heavy (non-hydrogen) atoms. The van der Waals surface area contributed by atoms with Crippen LogP contribution >= 0.6 is 0 Å². The van der Waals surface area contributed by atoms with Crippen LogP contribution in [0, 0.1) is 0 Å². The molecule has 0 spiro atoms. The first-order chi connectivity index (χ1) is 10.0. The number of benzene rings is 1. The lowest BCUT2D eigenvalue weighted by Gasteiger charge is -2.10. The highest BCUT2D eigenvalue weighted by Crippen LogP contribution is 2.36. The van der Waals surface area contributed by atoms with Crippen molar-refractivity contribution in [2.45, 2.75) is 19.5 Å². The number of hydrogen-bond acceptors (Lipinski definition) is 4. The van der Waals surface area contributed by atoms with E-state index >= 15 is 0 Å². The van der Waals surface area contributed by atoms with Gasteiger partial charge in [-0.05, 0) is 19.1 Å². The lowest BCUT2D eigenvalue weighted by Crippen LogP contribution is -2.39. The summed E-state index contributed by atoms with van der Waals surface area (Å²) in [5, 5.41) is 12.1. The molecule has 7 nitrogen and oxygen atoms in total. The second-order valence-corrected chi connectivity index (χ2v) is 4.84. The summed E-state index contributed by atoms with van der Waals surface area (Å²) in [5.41, 5.74) is 0.831. The maximum atomic E-state index is 11.9. The monoisotopic (exact) mass is 290 g/mol. The van der Waals surface area contributed by atoms with E-state index in [0.717, 1.165) is 10.9 Å². The highest BCUT2D eigenvalue weighted by Gasteiger charge is 2.18. The minimum absolute atomic E-state index is 0.0424. The summed E-state index contributed by atoms with van der Waals surface area (Å²) in [6.07, 6.45) is 1.77. The van der Waals surface area contributed by atoms with Crippen LogP contribution in [0.3, 0.4) is 0 Å². The van der Waals surface area contributed by atoms with Gasteiger partial charge in [0.1, 0.15) is 12.6 Å². The number of hydrogen-bond donors (Lipinski definition) is 2. The Bertz CT molecular complexity index is 721. The number of rotatable bonds is 4. The zero-order valence-electron chi connectivity index (χ0n) is 11.3. The Hall–Kier alpha value is -2.70. The second-order valence-electron chi connectivity index (χ2n) is 4.84. The molecular formula is C14H14N2O5. The van der Waals surface area contributed by atoms with Gasteiger partial charge < -0.3 is 24.5 Å². The average molecular weight is 290 g/mol. The van der Waals surface area contributed by atoms with Crippen molar-refractivity contribution in [3.05, 3.63) is 24.4 Å². The zero-order valence-corrected chi connectivity index (χ0v) is 11.3. The van der Waals surface area contributed by atoms with Crippen LogP contribution in [-0.4, -0.2) is 34.4 Å². The van der Waals surface area contributed by atoms with Gasteiger partial charge in [0, 0.05) is 17.6 Å². The van der Waals surface area contributed by atoms with Gasteiger partial charge in [0.2, 0.25) is 12.7 Å². The third-order valence-corrected chi connectivity index (χ3v) is 3.33. The molecule has 1 amide bonds. The van der Waals surface area contributed by atoms with Crippen molar-refractivity contribution in [3.8, 4) is 11.5 Å². The Morgan fingerprint density at radius 1 is 1.38 bits per heavy atom. The van der Waals surface area contributed by atoms with Gasteiger partial charge in [0.25, 0.3) is 0 Å². The average Bonchev–Trinajstić information content (AvgIpc) is 3.03. The molecule has 2 aromatic rings. The lowest BCUT2D eigenvalue weighted by molar-refractivity contribution is -0.141. The highest BCUT2D eigenvalue weighted by atomic mass is 16.7. The van der Waals surface area contributed by atoms with E-state index in [-0.39, 0.29) is 19.2 Å². The molecule has 110 valence electrons. The molecule has 2 N–H and O–H groups in total. The van der Waals surface area contributed by atoms with Gasteiger partial charge in [-0.2, -0.15) is 0 Å². The van der Waals surface area contributed by atoms with Crippen LogP contribution in [0.5, 0.6) is 11.5 Å². The molecule has 1 aliphatic rings. The van der Waals surface area contributed by atoms with Crippen LogP contribution in [0.1, 0.15) is 6.92 Å². The Balaban J connectivity index is 1.81. The first-order valence-electron chi connectivity index (χ1n) is 6.45. The number of carboxylic acids is 1. The molecule has 0 radical (unpaired) electrons. The number of amides is 1. The third-order valence-electron chi connectivity index (χ3n) is 3.33. The first kappa shape index (κ1) is 13.3. The number of ether oxygens (including phenoxy) is 2. The fourth-order valence-corrected chi connectivity index (χ4v) is 2.22. The van der Waals surface area contributed by atoms with Crippen molar-refractivity contribution in [2.24, 2.45) is 0 Å². The van der Waals surface area contributed by atoms with E-state index in [1.54, 1.807) is 10.8 Å². The van der Waals surface area contributed by atoms with Gasteiger partial charge in [-0.1, -0.05) is 0 Å². The molecule has 1 aromatic heterocycles. The summed E-state index contributed by atoms with van der Waals surface area (Å²) in [6, 6.07) is 4.61. The number of fused-ring (bicyclic) bond motifs is 2. The first-order valence-corrected chi connectivity index (χ1v) is 6.45. The van der Waals surface area contributed by atoms with E-state index in [0.29, 0.717) is 11.5 Å². The summed E-state index contributed by atoms with van der Waals surface area (Å²) < 4.78 is 12.4. The van der Waals surface area contributed by atoms with E-state index < -0.39 is 12.0 Å². The van der Waals surface area contributed by atoms with Gasteiger partial charge in [-0.25, -0.2) is 0 Å². The Labute approximate surface area is 120 Å². The van der Waals surface area contributed by atoms with Crippen molar-refractivity contribution < 1.29 is 24.2 Å². The molecule has 0 bridgehead atoms. The van der Waals surface area contributed by atoms with E-state index in [1.807, 2.05) is 18.2 Å². The molecule has 7 heteroatoms. The molecule has 0 fully saturated rings. The Morgan fingerprint density at radius 3 is 2.81 bits per heavy atom. The van der Waals surface area contributed by atoms with Crippen molar-refractivity contribution in [1.29, 1.82) is 0 Å². The maximum absolute atomic E-state index is 11.9. The molecule has 1 atom stereocenters. The topological polar surface area (TPSA) is 89.8 Å². The number of carbonyl (C=O) groups is 2. The summed E-state index contributed by atoms with van der Waals surface area (Å²) in [4.78, 5) is 22.6. The third kappa shape index (κ3) is 2.49. The van der Waals surface area contributed by atoms with E-state index in [1.165, 1.54) is 6.92 Å². The largest absolute Gasteiger partial charge is 0.480 e. The standard InChI is InChI=1S/C14H14N2O5/c1-8(14(18)19)15-13(17)6-16-3-2-9-4-11-12(5-10(9)16)21-7-20-11/h2-5,8H,6-7H2,1H3,(H,15,17)(H,18,19). The lowest BCUT2D eigenvalue weighted by atomic mass is 10.2.